The summed E-state index contributed by atoms with van der Waals surface area (Å²) in [6.07, 6.45) is 4.48. The number of nitrogens with one attached hydrogen (secondary N) is 1. The average molecular weight is 388 g/mol. The Kier molecular flexibility index (Phi) is 3.68. The van der Waals surface area contributed by atoms with E-state index in [0.29, 0.717) is 23.9 Å². The number of hydrogen-bond acceptors (Lipinski definition) is 4. The van der Waals surface area contributed by atoms with E-state index >= 15 is 0 Å². The quantitative estimate of drug-likeness (QED) is 0.728. The Labute approximate surface area is 145 Å². The van der Waals surface area contributed by atoms with Crippen LogP contribution in [0.4, 0.5) is 0 Å². The number of nitrogens with zero attached hydrogens (tertiary/aromatic N) is 4. The molecule has 1 unspecified atom stereocenters. The van der Waals surface area contributed by atoms with Crippen molar-refractivity contribution >= 4 is 32.6 Å². The zero-order valence-corrected chi connectivity index (χ0v) is 14.2. The number of aromatic amines is 1. The SMILES string of the molecule is O=C(c1n[nH]c(=O)c2ccccc12)N1CCC(n2cc(Br)cn2)C1. The highest BCUT2D eigenvalue weighted by molar-refractivity contribution is 9.10. The van der Waals surface area contributed by atoms with E-state index in [9.17, 15) is 9.59 Å². The lowest BCUT2D eigenvalue weighted by molar-refractivity contribution is 0.0782. The van der Waals surface area contributed by atoms with E-state index in [0.717, 1.165) is 10.9 Å². The first-order valence-electron chi connectivity index (χ1n) is 7.60. The molecule has 1 N–H and O–H groups in total. The third-order valence-corrected chi connectivity index (χ3v) is 4.70. The molecule has 0 aliphatic carbocycles. The fraction of sp³-hybridized carbons (Fsp3) is 0.250. The number of fused-ring (bicyclic) bond motifs is 1. The first kappa shape index (κ1) is 15.1. The normalized spacial score (nSPS) is 17.5. The molecule has 0 radical (unpaired) electrons. The molecule has 3 heterocycles. The number of carbonyl (C=O) groups excluding carboxylic acids is 1. The fourth-order valence-electron chi connectivity index (χ4n) is 3.08. The van der Waals surface area contributed by atoms with Gasteiger partial charge in [0.05, 0.1) is 22.1 Å². The van der Waals surface area contributed by atoms with Gasteiger partial charge in [-0.3, -0.25) is 14.3 Å². The van der Waals surface area contributed by atoms with Gasteiger partial charge < -0.3 is 4.90 Å². The lowest BCUT2D eigenvalue weighted by Gasteiger charge is -2.16. The Morgan fingerprint density at radius 3 is 2.83 bits per heavy atom. The Morgan fingerprint density at radius 2 is 2.08 bits per heavy atom. The first-order valence-corrected chi connectivity index (χ1v) is 8.39. The predicted octanol–water partition coefficient (Wildman–Crippen LogP) is 1.97. The molecule has 0 spiro atoms. The van der Waals surface area contributed by atoms with Gasteiger partial charge in [-0.1, -0.05) is 18.2 Å². The second-order valence-electron chi connectivity index (χ2n) is 5.78. The van der Waals surface area contributed by atoms with Gasteiger partial charge in [-0.2, -0.15) is 10.2 Å². The summed E-state index contributed by atoms with van der Waals surface area (Å²) in [6, 6.07) is 7.17. The van der Waals surface area contributed by atoms with Gasteiger partial charge in [0, 0.05) is 24.7 Å². The summed E-state index contributed by atoms with van der Waals surface area (Å²) in [5.74, 6) is -0.170. The minimum atomic E-state index is -0.289. The molecule has 7 nitrogen and oxygen atoms in total. The number of aromatic nitrogens is 4. The Balaban J connectivity index is 1.63. The molecule has 1 atom stereocenters. The van der Waals surface area contributed by atoms with Crippen LogP contribution in [0.2, 0.25) is 0 Å². The van der Waals surface area contributed by atoms with Crippen LogP contribution in [-0.2, 0) is 0 Å². The van der Waals surface area contributed by atoms with Gasteiger partial charge in [-0.25, -0.2) is 5.10 Å². The van der Waals surface area contributed by atoms with E-state index in [2.05, 4.69) is 31.2 Å². The molecule has 0 bridgehead atoms. The number of amides is 1. The summed E-state index contributed by atoms with van der Waals surface area (Å²) in [6.45, 7) is 1.21. The fourth-order valence-corrected chi connectivity index (χ4v) is 3.39. The van der Waals surface area contributed by atoms with Crippen LogP contribution in [0.25, 0.3) is 10.8 Å². The van der Waals surface area contributed by atoms with Gasteiger partial charge in [-0.05, 0) is 28.4 Å². The molecule has 1 saturated heterocycles. The molecule has 1 fully saturated rings. The van der Waals surface area contributed by atoms with Gasteiger partial charge in [0.15, 0.2) is 5.69 Å². The maximum atomic E-state index is 12.9. The molecule has 1 aliphatic rings. The van der Waals surface area contributed by atoms with Crippen molar-refractivity contribution in [3.63, 3.8) is 0 Å². The van der Waals surface area contributed by atoms with E-state index in [1.165, 1.54) is 0 Å². The van der Waals surface area contributed by atoms with Crippen LogP contribution in [0.3, 0.4) is 0 Å². The van der Waals surface area contributed by atoms with Gasteiger partial charge in [0.25, 0.3) is 11.5 Å². The molecule has 1 aromatic carbocycles. The zero-order chi connectivity index (χ0) is 16.7. The highest BCUT2D eigenvalue weighted by Gasteiger charge is 2.30. The molecule has 3 aromatic rings. The largest absolute Gasteiger partial charge is 0.335 e. The van der Waals surface area contributed by atoms with E-state index in [1.807, 2.05) is 10.9 Å². The molecular weight excluding hydrogens is 374 g/mol. The van der Waals surface area contributed by atoms with E-state index in [-0.39, 0.29) is 23.2 Å². The Morgan fingerprint density at radius 1 is 1.29 bits per heavy atom. The standard InChI is InChI=1S/C16H14BrN5O2/c17-10-7-18-22(8-10)11-5-6-21(9-11)16(24)14-12-3-1-2-4-13(12)15(23)20-19-14/h1-4,7-8,11H,5-6,9H2,(H,20,23). The Bertz CT molecular complexity index is 980. The molecule has 122 valence electrons. The molecule has 8 heteroatoms. The lowest BCUT2D eigenvalue weighted by atomic mass is 10.1. The minimum Gasteiger partial charge on any atom is -0.335 e. The van der Waals surface area contributed by atoms with Crippen LogP contribution < -0.4 is 5.56 Å². The summed E-state index contributed by atoms with van der Waals surface area (Å²) in [7, 11) is 0. The van der Waals surface area contributed by atoms with Crippen molar-refractivity contribution in [1.29, 1.82) is 0 Å². The Hall–Kier alpha value is -2.48. The van der Waals surface area contributed by atoms with Crippen molar-refractivity contribution in [2.45, 2.75) is 12.5 Å². The molecular formula is C16H14BrN5O2. The van der Waals surface area contributed by atoms with Crippen LogP contribution in [0.5, 0.6) is 0 Å². The monoisotopic (exact) mass is 387 g/mol. The smallest absolute Gasteiger partial charge is 0.275 e. The second kappa shape index (κ2) is 5.86. The maximum absolute atomic E-state index is 12.9. The molecule has 1 aliphatic heterocycles. The predicted molar refractivity (Wildman–Crippen MR) is 91.8 cm³/mol. The van der Waals surface area contributed by atoms with Gasteiger partial charge in [-0.15, -0.1) is 0 Å². The molecule has 2 aromatic heterocycles. The van der Waals surface area contributed by atoms with Gasteiger partial charge >= 0.3 is 0 Å². The number of benzene rings is 1. The minimum absolute atomic E-state index is 0.147. The summed E-state index contributed by atoms with van der Waals surface area (Å²) in [5, 5.41) is 11.8. The second-order valence-corrected chi connectivity index (χ2v) is 6.69. The van der Waals surface area contributed by atoms with Crippen LogP contribution >= 0.6 is 15.9 Å². The van der Waals surface area contributed by atoms with Crippen LogP contribution in [0, 0.1) is 0 Å². The number of carbonyl (C=O) groups is 1. The molecule has 1 amide bonds. The average Bonchev–Trinajstić information content (AvgIpc) is 3.24. The van der Waals surface area contributed by atoms with E-state index < -0.39 is 0 Å². The van der Waals surface area contributed by atoms with Crippen LogP contribution in [0.1, 0.15) is 23.0 Å². The van der Waals surface area contributed by atoms with Crippen molar-refractivity contribution in [2.75, 3.05) is 13.1 Å². The van der Waals surface area contributed by atoms with Gasteiger partial charge in [0.1, 0.15) is 0 Å². The molecule has 0 saturated carbocycles. The van der Waals surface area contributed by atoms with Crippen molar-refractivity contribution in [1.82, 2.24) is 24.9 Å². The van der Waals surface area contributed by atoms with Crippen molar-refractivity contribution < 1.29 is 4.79 Å². The van der Waals surface area contributed by atoms with Crippen molar-refractivity contribution in [3.05, 3.63) is 57.2 Å². The van der Waals surface area contributed by atoms with E-state index in [1.54, 1.807) is 35.4 Å². The summed E-state index contributed by atoms with van der Waals surface area (Å²) in [5.41, 5.74) is -0.00432. The summed E-state index contributed by atoms with van der Waals surface area (Å²) >= 11 is 3.39. The van der Waals surface area contributed by atoms with Crippen molar-refractivity contribution in [2.24, 2.45) is 0 Å². The third kappa shape index (κ3) is 2.52. The molecule has 24 heavy (non-hydrogen) atoms. The highest BCUT2D eigenvalue weighted by Crippen LogP contribution is 2.24. The number of likely N-dealkylation sites (tertiary alicyclic amines) is 1. The van der Waals surface area contributed by atoms with Crippen molar-refractivity contribution in [3.8, 4) is 0 Å². The lowest BCUT2D eigenvalue weighted by Crippen LogP contribution is -2.31. The summed E-state index contributed by atoms with van der Waals surface area (Å²) < 4.78 is 2.79. The third-order valence-electron chi connectivity index (χ3n) is 4.29. The first-order chi connectivity index (χ1) is 11.6. The number of hydrogen-bond donors (Lipinski definition) is 1. The number of rotatable bonds is 2. The highest BCUT2D eigenvalue weighted by atomic mass is 79.9. The molecule has 4 rings (SSSR count). The maximum Gasteiger partial charge on any atom is 0.275 e. The number of halogens is 1. The van der Waals surface area contributed by atoms with Crippen LogP contribution in [0.15, 0.2) is 45.9 Å². The number of H-pyrrole nitrogens is 1. The topological polar surface area (TPSA) is 83.9 Å². The zero-order valence-electron chi connectivity index (χ0n) is 12.6. The van der Waals surface area contributed by atoms with E-state index in [4.69, 9.17) is 0 Å². The van der Waals surface area contributed by atoms with Gasteiger partial charge in [0.2, 0.25) is 0 Å². The summed E-state index contributed by atoms with van der Waals surface area (Å²) in [4.78, 5) is 26.5. The van der Waals surface area contributed by atoms with Crippen LogP contribution in [-0.4, -0.2) is 43.9 Å².